The molecule has 1 saturated carbocycles. The van der Waals surface area contributed by atoms with Gasteiger partial charge in [0, 0.05) is 19.1 Å². The number of rotatable bonds is 5. The zero-order valence-electron chi connectivity index (χ0n) is 17.1. The second-order valence-electron chi connectivity index (χ2n) is 8.94. The normalized spacial score (nSPS) is 33.8. The van der Waals surface area contributed by atoms with E-state index in [-0.39, 0.29) is 5.54 Å². The number of hydrogen-bond acceptors (Lipinski definition) is 3. The van der Waals surface area contributed by atoms with Crippen LogP contribution in [-0.4, -0.2) is 30.4 Å². The molecule has 1 fully saturated rings. The lowest BCUT2D eigenvalue weighted by atomic mass is 9.72. The fourth-order valence-corrected chi connectivity index (χ4v) is 5.43. The van der Waals surface area contributed by atoms with E-state index in [9.17, 15) is 5.11 Å². The van der Waals surface area contributed by atoms with Crippen LogP contribution >= 0.6 is 0 Å². The summed E-state index contributed by atoms with van der Waals surface area (Å²) in [5, 5.41) is 14.5. The van der Waals surface area contributed by atoms with Crippen molar-refractivity contribution in [2.75, 3.05) is 13.7 Å². The van der Waals surface area contributed by atoms with Gasteiger partial charge in [0.1, 0.15) is 5.76 Å². The third-order valence-corrected chi connectivity index (χ3v) is 6.93. The summed E-state index contributed by atoms with van der Waals surface area (Å²) in [5.74, 6) is 1.64. The van der Waals surface area contributed by atoms with Gasteiger partial charge in [0.25, 0.3) is 0 Å². The zero-order valence-corrected chi connectivity index (χ0v) is 17.1. The summed E-state index contributed by atoms with van der Waals surface area (Å²) in [5.41, 5.74) is 4.18. The smallest absolute Gasteiger partial charge is 0.108 e. The lowest BCUT2D eigenvalue weighted by Gasteiger charge is -2.45. The SMILES string of the molecule is COCC1C=C(C)C(CC2CC=C(O)C(C)(C3CCCCC3)N2)=C(C)C1. The Bertz CT molecular complexity index is 597. The van der Waals surface area contributed by atoms with Crippen LogP contribution in [0.3, 0.4) is 0 Å². The van der Waals surface area contributed by atoms with Crippen LogP contribution in [0, 0.1) is 11.8 Å². The first-order valence-corrected chi connectivity index (χ1v) is 10.5. The van der Waals surface area contributed by atoms with Crippen LogP contribution in [0.25, 0.3) is 0 Å². The Morgan fingerprint density at radius 3 is 2.62 bits per heavy atom. The molecule has 1 aliphatic heterocycles. The maximum atomic E-state index is 10.7. The monoisotopic (exact) mass is 359 g/mol. The molecule has 0 aromatic heterocycles. The maximum Gasteiger partial charge on any atom is 0.108 e. The van der Waals surface area contributed by atoms with Crippen molar-refractivity contribution in [3.8, 4) is 0 Å². The Morgan fingerprint density at radius 2 is 1.96 bits per heavy atom. The van der Waals surface area contributed by atoms with Crippen molar-refractivity contribution in [1.29, 1.82) is 0 Å². The first-order valence-electron chi connectivity index (χ1n) is 10.5. The Hall–Kier alpha value is -1.06. The molecule has 3 aliphatic rings. The standard InChI is InChI=1S/C23H37NO2/c1-16-12-18(15-26-4)13-17(2)21(16)14-20-10-11-22(25)23(3,24-20)19-8-6-5-7-9-19/h11-12,18-20,24-25H,5-10,13-15H2,1-4H3. The number of nitrogens with one attached hydrogen (secondary N) is 1. The van der Waals surface area contributed by atoms with Gasteiger partial charge >= 0.3 is 0 Å². The second kappa shape index (κ2) is 8.31. The lowest BCUT2D eigenvalue weighted by Crippen LogP contribution is -2.57. The summed E-state index contributed by atoms with van der Waals surface area (Å²) in [7, 11) is 1.79. The van der Waals surface area contributed by atoms with Gasteiger partial charge < -0.3 is 15.2 Å². The lowest BCUT2D eigenvalue weighted by molar-refractivity contribution is 0.128. The molecule has 2 N–H and O–H groups in total. The summed E-state index contributed by atoms with van der Waals surface area (Å²) in [4.78, 5) is 0. The van der Waals surface area contributed by atoms with Crippen molar-refractivity contribution in [2.24, 2.45) is 11.8 Å². The molecule has 2 aliphatic carbocycles. The van der Waals surface area contributed by atoms with Crippen molar-refractivity contribution in [2.45, 2.75) is 83.7 Å². The van der Waals surface area contributed by atoms with E-state index < -0.39 is 0 Å². The highest BCUT2D eigenvalue weighted by Gasteiger charge is 2.42. The summed E-state index contributed by atoms with van der Waals surface area (Å²) < 4.78 is 5.35. The molecule has 3 unspecified atom stereocenters. The van der Waals surface area contributed by atoms with Gasteiger partial charge in [-0.1, -0.05) is 36.5 Å². The van der Waals surface area contributed by atoms with Gasteiger partial charge in [-0.3, -0.25) is 0 Å². The number of aliphatic hydroxyl groups excluding tert-OH is 1. The third kappa shape index (κ3) is 4.09. The molecular formula is C23H37NO2. The van der Waals surface area contributed by atoms with Crippen LogP contribution in [0.1, 0.15) is 72.1 Å². The number of methoxy groups -OCH3 is 1. The predicted octanol–water partition coefficient (Wildman–Crippen LogP) is 5.45. The summed E-state index contributed by atoms with van der Waals surface area (Å²) >= 11 is 0. The first-order chi connectivity index (χ1) is 12.4. The van der Waals surface area contributed by atoms with Gasteiger partial charge in [0.2, 0.25) is 0 Å². The van der Waals surface area contributed by atoms with E-state index in [1.807, 2.05) is 0 Å². The molecule has 0 saturated heterocycles. The third-order valence-electron chi connectivity index (χ3n) is 6.93. The fraction of sp³-hybridized carbons (Fsp3) is 0.739. The number of hydrogen-bond donors (Lipinski definition) is 2. The Kier molecular flexibility index (Phi) is 6.29. The molecule has 3 atom stereocenters. The molecule has 3 heteroatoms. The van der Waals surface area contributed by atoms with E-state index in [2.05, 4.69) is 38.2 Å². The second-order valence-corrected chi connectivity index (χ2v) is 8.94. The van der Waals surface area contributed by atoms with Gasteiger partial charge in [-0.2, -0.15) is 0 Å². The van der Waals surface area contributed by atoms with Gasteiger partial charge in [-0.05, 0) is 70.4 Å². The van der Waals surface area contributed by atoms with E-state index >= 15 is 0 Å². The van der Waals surface area contributed by atoms with E-state index in [0.717, 1.165) is 25.9 Å². The van der Waals surface area contributed by atoms with Crippen LogP contribution < -0.4 is 5.32 Å². The van der Waals surface area contributed by atoms with Crippen LogP contribution in [0.15, 0.2) is 34.6 Å². The van der Waals surface area contributed by atoms with Crippen molar-refractivity contribution >= 4 is 0 Å². The molecule has 1 heterocycles. The topological polar surface area (TPSA) is 41.5 Å². The molecule has 3 nitrogen and oxygen atoms in total. The largest absolute Gasteiger partial charge is 0.511 e. The van der Waals surface area contributed by atoms with Gasteiger partial charge in [0.05, 0.1) is 12.1 Å². The molecule has 0 aromatic carbocycles. The van der Waals surface area contributed by atoms with Gasteiger partial charge in [0.15, 0.2) is 0 Å². The van der Waals surface area contributed by atoms with E-state index in [1.165, 1.54) is 48.8 Å². The number of ether oxygens (including phenoxy) is 1. The maximum absolute atomic E-state index is 10.7. The van der Waals surface area contributed by atoms with Gasteiger partial charge in [-0.15, -0.1) is 0 Å². The van der Waals surface area contributed by atoms with Crippen LogP contribution in [0.5, 0.6) is 0 Å². The minimum atomic E-state index is -0.247. The molecule has 0 amide bonds. The molecule has 0 radical (unpaired) electrons. The summed E-state index contributed by atoms with van der Waals surface area (Å²) in [6.07, 6.45) is 14.0. The molecular weight excluding hydrogens is 322 g/mol. The minimum Gasteiger partial charge on any atom is -0.511 e. The average Bonchev–Trinajstić information content (AvgIpc) is 2.62. The Labute approximate surface area is 159 Å². The van der Waals surface area contributed by atoms with Crippen molar-refractivity contribution in [3.05, 3.63) is 34.6 Å². The van der Waals surface area contributed by atoms with E-state index in [4.69, 9.17) is 4.74 Å². The highest BCUT2D eigenvalue weighted by molar-refractivity contribution is 5.38. The van der Waals surface area contributed by atoms with Crippen molar-refractivity contribution < 1.29 is 9.84 Å². The van der Waals surface area contributed by atoms with Gasteiger partial charge in [-0.25, -0.2) is 0 Å². The molecule has 0 spiro atoms. The number of allylic oxidation sites excluding steroid dienone is 2. The van der Waals surface area contributed by atoms with Crippen molar-refractivity contribution in [1.82, 2.24) is 5.32 Å². The quantitative estimate of drug-likeness (QED) is 0.686. The Balaban J connectivity index is 1.71. The number of aliphatic hydroxyl groups is 1. The minimum absolute atomic E-state index is 0.247. The highest BCUT2D eigenvalue weighted by atomic mass is 16.5. The first kappa shape index (κ1) is 19.7. The average molecular weight is 360 g/mol. The summed E-state index contributed by atoms with van der Waals surface area (Å²) in [6, 6.07) is 0.408. The van der Waals surface area contributed by atoms with Crippen LogP contribution in [0.2, 0.25) is 0 Å². The fourth-order valence-electron chi connectivity index (χ4n) is 5.43. The van der Waals surface area contributed by atoms with E-state index in [0.29, 0.717) is 23.6 Å². The van der Waals surface area contributed by atoms with Crippen molar-refractivity contribution in [3.63, 3.8) is 0 Å². The summed E-state index contributed by atoms with van der Waals surface area (Å²) in [6.45, 7) is 7.56. The Morgan fingerprint density at radius 1 is 1.23 bits per heavy atom. The van der Waals surface area contributed by atoms with Crippen LogP contribution in [0.4, 0.5) is 0 Å². The zero-order chi connectivity index (χ0) is 18.7. The molecule has 26 heavy (non-hydrogen) atoms. The van der Waals surface area contributed by atoms with E-state index in [1.54, 1.807) is 7.11 Å². The molecule has 0 aromatic rings. The predicted molar refractivity (Wildman–Crippen MR) is 108 cm³/mol. The molecule has 0 bridgehead atoms. The highest BCUT2D eigenvalue weighted by Crippen LogP contribution is 2.40. The molecule has 146 valence electrons. The molecule has 3 rings (SSSR count). The van der Waals surface area contributed by atoms with Crippen LogP contribution in [-0.2, 0) is 4.74 Å².